The van der Waals surface area contributed by atoms with E-state index in [1.54, 1.807) is 0 Å². The molecule has 0 saturated carbocycles. The van der Waals surface area contributed by atoms with Crippen LogP contribution in [0.1, 0.15) is 12.8 Å². The van der Waals surface area contributed by atoms with E-state index < -0.39 is 0 Å². The predicted octanol–water partition coefficient (Wildman–Crippen LogP) is 0.298. The Hall–Kier alpha value is -0.190. The fraction of sp³-hybridized carbons (Fsp3) is 0.889. The van der Waals surface area contributed by atoms with Gasteiger partial charge in [0.25, 0.3) is 0 Å². The summed E-state index contributed by atoms with van der Waals surface area (Å²) in [6, 6.07) is 0.714. The molecule has 4 heteroatoms. The van der Waals surface area contributed by atoms with Crippen LogP contribution in [0.2, 0.25) is 0 Å². The SMILES string of the molecule is CN(C)C1CCN(CCC(N)=S)C1. The average molecular weight is 201 g/mol. The first-order valence-electron chi connectivity index (χ1n) is 4.76. The molecule has 1 unspecified atom stereocenters. The van der Waals surface area contributed by atoms with Gasteiger partial charge in [0.1, 0.15) is 0 Å². The van der Waals surface area contributed by atoms with Crippen molar-refractivity contribution in [3.05, 3.63) is 0 Å². The van der Waals surface area contributed by atoms with Gasteiger partial charge in [0.15, 0.2) is 0 Å². The quantitative estimate of drug-likeness (QED) is 0.663. The normalized spacial score (nSPS) is 24.1. The number of likely N-dealkylation sites (N-methyl/N-ethyl adjacent to an activating group) is 1. The first-order chi connectivity index (χ1) is 6.09. The molecule has 3 nitrogen and oxygen atoms in total. The van der Waals surface area contributed by atoms with Gasteiger partial charge in [-0.05, 0) is 27.1 Å². The molecule has 0 aromatic heterocycles. The largest absolute Gasteiger partial charge is 0.393 e. The van der Waals surface area contributed by atoms with E-state index in [9.17, 15) is 0 Å². The maximum absolute atomic E-state index is 5.46. The van der Waals surface area contributed by atoms with Gasteiger partial charge in [-0.25, -0.2) is 0 Å². The molecule has 1 saturated heterocycles. The highest BCUT2D eigenvalue weighted by atomic mass is 32.1. The second kappa shape index (κ2) is 4.88. The summed E-state index contributed by atoms with van der Waals surface area (Å²) < 4.78 is 0. The fourth-order valence-corrected chi connectivity index (χ4v) is 1.80. The molecular weight excluding hydrogens is 182 g/mol. The predicted molar refractivity (Wildman–Crippen MR) is 59.9 cm³/mol. The highest BCUT2D eigenvalue weighted by molar-refractivity contribution is 7.80. The monoisotopic (exact) mass is 201 g/mol. The molecule has 0 aromatic carbocycles. The number of nitrogens with zero attached hydrogens (tertiary/aromatic N) is 2. The minimum Gasteiger partial charge on any atom is -0.393 e. The molecule has 13 heavy (non-hydrogen) atoms. The highest BCUT2D eigenvalue weighted by Gasteiger charge is 2.23. The molecule has 1 fully saturated rings. The van der Waals surface area contributed by atoms with Crippen LogP contribution < -0.4 is 5.73 Å². The summed E-state index contributed by atoms with van der Waals surface area (Å²) >= 11 is 4.85. The van der Waals surface area contributed by atoms with Crippen molar-refractivity contribution in [3.63, 3.8) is 0 Å². The third-order valence-electron chi connectivity index (χ3n) is 2.65. The summed E-state index contributed by atoms with van der Waals surface area (Å²) in [6.45, 7) is 3.38. The molecule has 0 radical (unpaired) electrons. The van der Waals surface area contributed by atoms with Gasteiger partial charge in [0.05, 0.1) is 4.99 Å². The first kappa shape index (κ1) is 10.9. The van der Waals surface area contributed by atoms with Crippen LogP contribution in [0.25, 0.3) is 0 Å². The van der Waals surface area contributed by atoms with Crippen molar-refractivity contribution >= 4 is 17.2 Å². The van der Waals surface area contributed by atoms with Crippen LogP contribution in [0.15, 0.2) is 0 Å². The second-order valence-electron chi connectivity index (χ2n) is 3.92. The Labute approximate surface area is 85.9 Å². The molecule has 1 atom stereocenters. The van der Waals surface area contributed by atoms with Gasteiger partial charge in [0.2, 0.25) is 0 Å². The third kappa shape index (κ3) is 3.58. The average Bonchev–Trinajstić information content (AvgIpc) is 2.48. The minimum atomic E-state index is 0.633. The van der Waals surface area contributed by atoms with Gasteiger partial charge in [-0.3, -0.25) is 0 Å². The van der Waals surface area contributed by atoms with E-state index in [0.717, 1.165) is 19.5 Å². The fourth-order valence-electron chi connectivity index (χ4n) is 1.71. The zero-order valence-corrected chi connectivity index (χ0v) is 9.31. The lowest BCUT2D eigenvalue weighted by Gasteiger charge is -2.20. The number of rotatable bonds is 4. The van der Waals surface area contributed by atoms with Crippen LogP contribution in [0.3, 0.4) is 0 Å². The molecule has 0 bridgehead atoms. The number of hydrogen-bond acceptors (Lipinski definition) is 3. The van der Waals surface area contributed by atoms with Crippen LogP contribution >= 0.6 is 12.2 Å². The summed E-state index contributed by atoms with van der Waals surface area (Å²) in [5, 5.41) is 0. The lowest BCUT2D eigenvalue weighted by Crippen LogP contribution is -2.32. The molecular formula is C9H19N3S. The van der Waals surface area contributed by atoms with Gasteiger partial charge >= 0.3 is 0 Å². The van der Waals surface area contributed by atoms with Crippen molar-refractivity contribution in [2.45, 2.75) is 18.9 Å². The zero-order valence-electron chi connectivity index (χ0n) is 8.49. The lowest BCUT2D eigenvalue weighted by atomic mass is 10.2. The van der Waals surface area contributed by atoms with Gasteiger partial charge in [-0.15, -0.1) is 0 Å². The minimum absolute atomic E-state index is 0.633. The highest BCUT2D eigenvalue weighted by Crippen LogP contribution is 2.12. The molecule has 1 aliphatic heterocycles. The van der Waals surface area contributed by atoms with Gasteiger partial charge in [-0.2, -0.15) is 0 Å². The van der Waals surface area contributed by atoms with E-state index in [4.69, 9.17) is 18.0 Å². The summed E-state index contributed by atoms with van der Waals surface area (Å²) in [6.07, 6.45) is 2.12. The van der Waals surface area contributed by atoms with E-state index in [1.165, 1.54) is 13.0 Å². The van der Waals surface area contributed by atoms with E-state index in [2.05, 4.69) is 23.9 Å². The van der Waals surface area contributed by atoms with Gasteiger partial charge in [0, 0.05) is 25.6 Å². The molecule has 0 spiro atoms. The van der Waals surface area contributed by atoms with E-state index in [1.807, 2.05) is 0 Å². The van der Waals surface area contributed by atoms with Gasteiger partial charge in [-0.1, -0.05) is 12.2 Å². The van der Waals surface area contributed by atoms with Crippen molar-refractivity contribution in [1.29, 1.82) is 0 Å². The van der Waals surface area contributed by atoms with Crippen LogP contribution in [0.4, 0.5) is 0 Å². The van der Waals surface area contributed by atoms with Crippen molar-refractivity contribution in [2.75, 3.05) is 33.7 Å². The second-order valence-corrected chi connectivity index (χ2v) is 4.45. The number of hydrogen-bond donors (Lipinski definition) is 1. The number of nitrogens with two attached hydrogens (primary N) is 1. The number of thiocarbonyl (C=S) groups is 1. The van der Waals surface area contributed by atoms with Crippen LogP contribution in [-0.2, 0) is 0 Å². The van der Waals surface area contributed by atoms with Crippen molar-refractivity contribution in [1.82, 2.24) is 9.80 Å². The molecule has 1 rings (SSSR count). The molecule has 2 N–H and O–H groups in total. The van der Waals surface area contributed by atoms with E-state index in [0.29, 0.717) is 11.0 Å². The number of likely N-dealkylation sites (tertiary alicyclic amines) is 1. The Morgan fingerprint density at radius 3 is 2.77 bits per heavy atom. The summed E-state index contributed by atoms with van der Waals surface area (Å²) in [4.78, 5) is 5.36. The maximum atomic E-state index is 5.46. The van der Waals surface area contributed by atoms with Crippen LogP contribution in [-0.4, -0.2) is 54.6 Å². The standard InChI is InChI=1S/C9H19N3S/c1-11(2)8-3-5-12(7-8)6-4-9(10)13/h8H,3-7H2,1-2H3,(H2,10,13). The van der Waals surface area contributed by atoms with Gasteiger partial charge < -0.3 is 15.5 Å². The van der Waals surface area contributed by atoms with Crippen LogP contribution in [0.5, 0.6) is 0 Å². The van der Waals surface area contributed by atoms with E-state index >= 15 is 0 Å². The third-order valence-corrected chi connectivity index (χ3v) is 2.86. The molecule has 0 amide bonds. The Bertz CT molecular complexity index is 182. The topological polar surface area (TPSA) is 32.5 Å². The molecule has 0 aromatic rings. The molecule has 76 valence electrons. The molecule has 0 aliphatic carbocycles. The Kier molecular flexibility index (Phi) is 4.09. The first-order valence-corrected chi connectivity index (χ1v) is 5.17. The van der Waals surface area contributed by atoms with Crippen LogP contribution in [0, 0.1) is 0 Å². The Balaban J connectivity index is 2.21. The van der Waals surface area contributed by atoms with Crippen molar-refractivity contribution < 1.29 is 0 Å². The summed E-state index contributed by atoms with van der Waals surface area (Å²) in [5.74, 6) is 0. The Morgan fingerprint density at radius 1 is 1.62 bits per heavy atom. The molecule has 1 heterocycles. The van der Waals surface area contributed by atoms with Crippen molar-refractivity contribution in [3.8, 4) is 0 Å². The summed E-state index contributed by atoms with van der Waals surface area (Å²) in [7, 11) is 4.28. The maximum Gasteiger partial charge on any atom is 0.0740 e. The zero-order chi connectivity index (χ0) is 9.84. The molecule has 1 aliphatic rings. The van der Waals surface area contributed by atoms with Crippen molar-refractivity contribution in [2.24, 2.45) is 5.73 Å². The lowest BCUT2D eigenvalue weighted by molar-refractivity contribution is 0.272. The summed E-state index contributed by atoms with van der Waals surface area (Å²) in [5.41, 5.74) is 5.46. The van der Waals surface area contributed by atoms with E-state index in [-0.39, 0.29) is 0 Å². The smallest absolute Gasteiger partial charge is 0.0740 e. The Morgan fingerprint density at radius 2 is 2.31 bits per heavy atom.